The van der Waals surface area contributed by atoms with Gasteiger partial charge >= 0.3 is 0 Å². The highest BCUT2D eigenvalue weighted by Gasteiger charge is 2.00. The highest BCUT2D eigenvalue weighted by atomic mass is 16.5. The summed E-state index contributed by atoms with van der Waals surface area (Å²) in [6.07, 6.45) is 0.818. The molecule has 0 amide bonds. The molecular formula is C10H22O4. The Hall–Kier alpha value is -0.580. The van der Waals surface area contributed by atoms with Gasteiger partial charge in [0.15, 0.2) is 0 Å². The number of aliphatic hydroxyl groups excluding tert-OH is 2. The number of rotatable bonds is 6. The predicted octanol–water partition coefficient (Wildman–Crippen LogP) is 0.931. The first kappa shape index (κ1) is 15.9. The van der Waals surface area contributed by atoms with E-state index >= 15 is 0 Å². The SMILES string of the molecule is C=COCC.CC(O)COC(C)CO. The largest absolute Gasteiger partial charge is 0.502 e. The van der Waals surface area contributed by atoms with Gasteiger partial charge in [-0.25, -0.2) is 0 Å². The van der Waals surface area contributed by atoms with E-state index in [1.165, 1.54) is 6.26 Å². The lowest BCUT2D eigenvalue weighted by atomic mass is 10.4. The van der Waals surface area contributed by atoms with Crippen LogP contribution >= 0.6 is 0 Å². The number of hydrogen-bond acceptors (Lipinski definition) is 4. The van der Waals surface area contributed by atoms with Crippen LogP contribution in [0.5, 0.6) is 0 Å². The summed E-state index contributed by atoms with van der Waals surface area (Å²) in [6.45, 7) is 9.67. The van der Waals surface area contributed by atoms with Gasteiger partial charge in [0.05, 0.1) is 38.3 Å². The fourth-order valence-corrected chi connectivity index (χ4v) is 0.474. The molecule has 4 nitrogen and oxygen atoms in total. The standard InChI is InChI=1S/C6H14O3.C4H8O/c1-5(8)4-9-6(2)3-7;1-3-5-4-2/h5-8H,3-4H2,1-2H3;3H,1,4H2,2H3. The van der Waals surface area contributed by atoms with Crippen LogP contribution in [0.2, 0.25) is 0 Å². The van der Waals surface area contributed by atoms with Gasteiger partial charge in [-0.1, -0.05) is 6.58 Å². The summed E-state index contributed by atoms with van der Waals surface area (Å²) in [5.74, 6) is 0. The molecule has 0 radical (unpaired) electrons. The minimum absolute atomic E-state index is 0.00667. The second kappa shape index (κ2) is 12.4. The molecule has 0 fully saturated rings. The van der Waals surface area contributed by atoms with E-state index in [-0.39, 0.29) is 12.7 Å². The molecule has 0 aromatic carbocycles. The lowest BCUT2D eigenvalue weighted by molar-refractivity contribution is -0.0177. The molecule has 0 saturated carbocycles. The van der Waals surface area contributed by atoms with Crippen molar-refractivity contribution < 1.29 is 19.7 Å². The highest BCUT2D eigenvalue weighted by molar-refractivity contribution is 4.47. The van der Waals surface area contributed by atoms with Crippen molar-refractivity contribution in [2.75, 3.05) is 19.8 Å². The van der Waals surface area contributed by atoms with Gasteiger partial charge in [0.1, 0.15) is 0 Å². The van der Waals surface area contributed by atoms with Gasteiger partial charge < -0.3 is 19.7 Å². The Kier molecular flexibility index (Phi) is 14.1. The van der Waals surface area contributed by atoms with Crippen molar-refractivity contribution in [1.29, 1.82) is 0 Å². The zero-order chi connectivity index (χ0) is 11.4. The summed E-state index contributed by atoms with van der Waals surface area (Å²) in [6, 6.07) is 0. The van der Waals surface area contributed by atoms with E-state index in [0.717, 1.165) is 6.61 Å². The Labute approximate surface area is 86.2 Å². The first-order valence-corrected chi connectivity index (χ1v) is 4.71. The van der Waals surface area contributed by atoms with Crippen LogP contribution in [0.3, 0.4) is 0 Å². The van der Waals surface area contributed by atoms with Crippen LogP contribution in [-0.2, 0) is 9.47 Å². The number of aliphatic hydroxyl groups is 2. The third kappa shape index (κ3) is 17.5. The fourth-order valence-electron chi connectivity index (χ4n) is 0.474. The number of hydrogen-bond donors (Lipinski definition) is 2. The van der Waals surface area contributed by atoms with Crippen LogP contribution in [0.4, 0.5) is 0 Å². The summed E-state index contributed by atoms with van der Waals surface area (Å²) in [4.78, 5) is 0. The van der Waals surface area contributed by atoms with Crippen molar-refractivity contribution in [1.82, 2.24) is 0 Å². The molecule has 2 N–H and O–H groups in total. The smallest absolute Gasteiger partial charge is 0.0844 e. The molecule has 4 heteroatoms. The average Bonchev–Trinajstić information content (AvgIpc) is 2.16. The van der Waals surface area contributed by atoms with Crippen LogP contribution in [0.1, 0.15) is 20.8 Å². The van der Waals surface area contributed by atoms with Crippen molar-refractivity contribution in [3.8, 4) is 0 Å². The monoisotopic (exact) mass is 206 g/mol. The van der Waals surface area contributed by atoms with E-state index in [1.54, 1.807) is 13.8 Å². The van der Waals surface area contributed by atoms with Gasteiger partial charge in [-0.3, -0.25) is 0 Å². The Balaban J connectivity index is 0. The van der Waals surface area contributed by atoms with E-state index in [4.69, 9.17) is 14.9 Å². The first-order valence-electron chi connectivity index (χ1n) is 4.71. The quantitative estimate of drug-likeness (QED) is 0.635. The van der Waals surface area contributed by atoms with E-state index in [0.29, 0.717) is 6.61 Å². The molecular weight excluding hydrogens is 184 g/mol. The first-order chi connectivity index (χ1) is 6.58. The maximum Gasteiger partial charge on any atom is 0.0844 e. The van der Waals surface area contributed by atoms with Gasteiger partial charge in [0.2, 0.25) is 0 Å². The van der Waals surface area contributed by atoms with Gasteiger partial charge in [-0.05, 0) is 20.8 Å². The minimum atomic E-state index is -0.445. The molecule has 0 saturated heterocycles. The molecule has 0 aliphatic carbocycles. The summed E-state index contributed by atoms with van der Waals surface area (Å²) in [5.41, 5.74) is 0. The summed E-state index contributed by atoms with van der Waals surface area (Å²) in [7, 11) is 0. The lowest BCUT2D eigenvalue weighted by Crippen LogP contribution is -2.19. The second-order valence-electron chi connectivity index (χ2n) is 2.80. The minimum Gasteiger partial charge on any atom is -0.502 e. The van der Waals surface area contributed by atoms with Crippen molar-refractivity contribution in [2.24, 2.45) is 0 Å². The molecule has 0 heterocycles. The van der Waals surface area contributed by atoms with E-state index in [2.05, 4.69) is 11.3 Å². The molecule has 0 aliphatic heterocycles. The zero-order valence-corrected chi connectivity index (χ0v) is 9.27. The van der Waals surface area contributed by atoms with Crippen LogP contribution < -0.4 is 0 Å². The molecule has 0 aromatic heterocycles. The van der Waals surface area contributed by atoms with Crippen LogP contribution in [-0.4, -0.2) is 42.2 Å². The molecule has 0 aliphatic rings. The summed E-state index contributed by atoms with van der Waals surface area (Å²) >= 11 is 0. The van der Waals surface area contributed by atoms with E-state index in [9.17, 15) is 0 Å². The van der Waals surface area contributed by atoms with Crippen molar-refractivity contribution in [3.05, 3.63) is 12.8 Å². The zero-order valence-electron chi connectivity index (χ0n) is 9.27. The van der Waals surface area contributed by atoms with Crippen molar-refractivity contribution >= 4 is 0 Å². The van der Waals surface area contributed by atoms with Crippen molar-refractivity contribution in [3.63, 3.8) is 0 Å². The number of ether oxygens (including phenoxy) is 2. The predicted molar refractivity (Wildman–Crippen MR) is 56.0 cm³/mol. The third-order valence-electron chi connectivity index (χ3n) is 1.16. The average molecular weight is 206 g/mol. The van der Waals surface area contributed by atoms with Crippen LogP contribution in [0, 0.1) is 0 Å². The third-order valence-corrected chi connectivity index (χ3v) is 1.16. The molecule has 0 rings (SSSR count). The van der Waals surface area contributed by atoms with E-state index < -0.39 is 6.10 Å². The van der Waals surface area contributed by atoms with Crippen LogP contribution in [0.15, 0.2) is 12.8 Å². The van der Waals surface area contributed by atoms with Crippen molar-refractivity contribution in [2.45, 2.75) is 33.0 Å². The van der Waals surface area contributed by atoms with Gasteiger partial charge in [0, 0.05) is 0 Å². The van der Waals surface area contributed by atoms with E-state index in [1.807, 2.05) is 6.92 Å². The maximum absolute atomic E-state index is 8.69. The molecule has 2 unspecified atom stereocenters. The Morgan fingerprint density at radius 2 is 2.00 bits per heavy atom. The summed E-state index contributed by atoms with van der Waals surface area (Å²) < 4.78 is 9.55. The van der Waals surface area contributed by atoms with Gasteiger partial charge in [-0.2, -0.15) is 0 Å². The fraction of sp³-hybridized carbons (Fsp3) is 0.800. The maximum atomic E-state index is 8.69. The second-order valence-corrected chi connectivity index (χ2v) is 2.80. The van der Waals surface area contributed by atoms with Gasteiger partial charge in [-0.15, -0.1) is 0 Å². The lowest BCUT2D eigenvalue weighted by Gasteiger charge is -2.10. The molecule has 2 atom stereocenters. The topological polar surface area (TPSA) is 58.9 Å². The molecule has 86 valence electrons. The Bertz CT molecular complexity index is 115. The molecule has 0 bridgehead atoms. The summed E-state index contributed by atoms with van der Waals surface area (Å²) in [5, 5.41) is 17.1. The molecule has 14 heavy (non-hydrogen) atoms. The Morgan fingerprint density at radius 3 is 2.21 bits per heavy atom. The molecule has 0 aromatic rings. The highest BCUT2D eigenvalue weighted by Crippen LogP contribution is 1.90. The normalized spacial score (nSPS) is 13.5. The molecule has 0 spiro atoms. The van der Waals surface area contributed by atoms with Crippen LogP contribution in [0.25, 0.3) is 0 Å². The Morgan fingerprint density at radius 1 is 1.43 bits per heavy atom. The van der Waals surface area contributed by atoms with Gasteiger partial charge in [0.25, 0.3) is 0 Å².